The molecule has 0 bridgehead atoms. The van der Waals surface area contributed by atoms with E-state index in [4.69, 9.17) is 9.47 Å². The minimum Gasteiger partial charge on any atom is -0.497 e. The summed E-state index contributed by atoms with van der Waals surface area (Å²) in [6.45, 7) is 0. The summed E-state index contributed by atoms with van der Waals surface area (Å²) in [5.41, 5.74) is 1.24. The van der Waals surface area contributed by atoms with Gasteiger partial charge in [-0.15, -0.1) is 0 Å². The average Bonchev–Trinajstić information content (AvgIpc) is 3.08. The summed E-state index contributed by atoms with van der Waals surface area (Å²) in [7, 11) is 2.99. The lowest BCUT2D eigenvalue weighted by Crippen LogP contribution is -2.32. The Kier molecular flexibility index (Phi) is 5.77. The molecule has 1 aliphatic rings. The Hall–Kier alpha value is -4.66. The number of hydrogen-bond acceptors (Lipinski definition) is 7. The number of nitro benzene ring substituents is 1. The lowest BCUT2D eigenvalue weighted by atomic mass is 10.0. The summed E-state index contributed by atoms with van der Waals surface area (Å²) in [5, 5.41) is 14.1. The Labute approximate surface area is 189 Å². The van der Waals surface area contributed by atoms with E-state index in [1.807, 2.05) is 0 Å². The van der Waals surface area contributed by atoms with Gasteiger partial charge in [-0.2, -0.15) is 0 Å². The van der Waals surface area contributed by atoms with Crippen molar-refractivity contribution < 1.29 is 24.0 Å². The monoisotopic (exact) mass is 445 g/mol. The molecule has 3 aromatic rings. The van der Waals surface area contributed by atoms with Crippen molar-refractivity contribution in [3.05, 3.63) is 94.2 Å². The summed E-state index contributed by atoms with van der Waals surface area (Å²) in [5.74, 6) is -0.162. The van der Waals surface area contributed by atoms with Crippen LogP contribution < -0.4 is 19.7 Å². The molecule has 3 aromatic carbocycles. The quantitative estimate of drug-likeness (QED) is 0.332. The van der Waals surface area contributed by atoms with E-state index in [1.54, 1.807) is 55.6 Å². The molecule has 0 saturated heterocycles. The zero-order valence-corrected chi connectivity index (χ0v) is 17.8. The van der Waals surface area contributed by atoms with Crippen LogP contribution in [0.15, 0.2) is 78.5 Å². The highest BCUT2D eigenvalue weighted by molar-refractivity contribution is 6.46. The Bertz CT molecular complexity index is 1270. The van der Waals surface area contributed by atoms with E-state index >= 15 is 0 Å². The number of imide groups is 1. The Morgan fingerprint density at radius 3 is 2.12 bits per heavy atom. The normalized spacial score (nSPS) is 13.3. The van der Waals surface area contributed by atoms with Crippen molar-refractivity contribution in [2.24, 2.45) is 0 Å². The van der Waals surface area contributed by atoms with Crippen molar-refractivity contribution in [1.29, 1.82) is 0 Å². The van der Waals surface area contributed by atoms with Crippen molar-refractivity contribution in [2.75, 3.05) is 24.4 Å². The van der Waals surface area contributed by atoms with E-state index in [1.165, 1.54) is 31.4 Å². The Morgan fingerprint density at radius 2 is 1.52 bits per heavy atom. The molecule has 166 valence electrons. The number of amides is 2. The van der Waals surface area contributed by atoms with Crippen LogP contribution in [-0.2, 0) is 9.59 Å². The highest BCUT2D eigenvalue weighted by atomic mass is 16.6. The van der Waals surface area contributed by atoms with Crippen molar-refractivity contribution in [3.8, 4) is 11.5 Å². The molecule has 0 aromatic heterocycles. The molecule has 4 rings (SSSR count). The first-order valence-corrected chi connectivity index (χ1v) is 9.86. The second kappa shape index (κ2) is 8.83. The van der Waals surface area contributed by atoms with Crippen molar-refractivity contribution in [2.45, 2.75) is 0 Å². The van der Waals surface area contributed by atoms with Crippen LogP contribution in [0.5, 0.6) is 11.5 Å². The summed E-state index contributed by atoms with van der Waals surface area (Å²) in [6, 6.07) is 19.0. The van der Waals surface area contributed by atoms with Crippen molar-refractivity contribution in [3.63, 3.8) is 0 Å². The van der Waals surface area contributed by atoms with Crippen LogP contribution in [0.1, 0.15) is 5.56 Å². The van der Waals surface area contributed by atoms with Crippen LogP contribution in [0.4, 0.5) is 17.1 Å². The van der Waals surface area contributed by atoms with E-state index in [-0.39, 0.29) is 17.0 Å². The fourth-order valence-electron chi connectivity index (χ4n) is 3.52. The van der Waals surface area contributed by atoms with Gasteiger partial charge in [0.15, 0.2) is 0 Å². The first-order valence-electron chi connectivity index (χ1n) is 9.86. The molecule has 0 aliphatic carbocycles. The van der Waals surface area contributed by atoms with Gasteiger partial charge in [0, 0.05) is 17.8 Å². The second-order valence-electron chi connectivity index (χ2n) is 7.03. The molecule has 0 fully saturated rings. The van der Waals surface area contributed by atoms with Gasteiger partial charge in [-0.05, 0) is 54.1 Å². The van der Waals surface area contributed by atoms with E-state index < -0.39 is 16.7 Å². The highest BCUT2D eigenvalue weighted by Crippen LogP contribution is 2.38. The fourth-order valence-corrected chi connectivity index (χ4v) is 3.52. The Morgan fingerprint density at radius 1 is 0.848 bits per heavy atom. The minimum atomic E-state index is -0.575. The number of methoxy groups -OCH3 is 2. The molecule has 2 amide bonds. The van der Waals surface area contributed by atoms with Gasteiger partial charge in [0.2, 0.25) is 0 Å². The third kappa shape index (κ3) is 3.99. The van der Waals surface area contributed by atoms with Gasteiger partial charge in [0.1, 0.15) is 17.2 Å². The lowest BCUT2D eigenvalue weighted by molar-refractivity contribution is -0.384. The number of carbonyl (C=O) groups excluding carboxylic acids is 2. The van der Waals surface area contributed by atoms with Crippen LogP contribution in [0.3, 0.4) is 0 Å². The molecule has 0 saturated carbocycles. The van der Waals surface area contributed by atoms with Gasteiger partial charge < -0.3 is 14.8 Å². The van der Waals surface area contributed by atoms with Crippen molar-refractivity contribution in [1.82, 2.24) is 0 Å². The molecule has 33 heavy (non-hydrogen) atoms. The number of ether oxygens (including phenoxy) is 2. The molecule has 1 N–H and O–H groups in total. The van der Waals surface area contributed by atoms with Gasteiger partial charge in [0.05, 0.1) is 30.4 Å². The summed E-state index contributed by atoms with van der Waals surface area (Å²) in [4.78, 5) is 38.5. The van der Waals surface area contributed by atoms with Crippen molar-refractivity contribution >= 4 is 34.4 Å². The molecule has 0 spiro atoms. The van der Waals surface area contributed by atoms with E-state index in [0.717, 1.165) is 4.90 Å². The number of nitrogens with zero attached hydrogens (tertiary/aromatic N) is 2. The Balaban J connectivity index is 1.82. The molecule has 1 aliphatic heterocycles. The maximum atomic E-state index is 13.5. The molecule has 0 atom stereocenters. The number of non-ortho nitro benzene ring substituents is 1. The lowest BCUT2D eigenvalue weighted by Gasteiger charge is -2.18. The largest absolute Gasteiger partial charge is 0.497 e. The summed E-state index contributed by atoms with van der Waals surface area (Å²) in [6.07, 6.45) is 0. The van der Waals surface area contributed by atoms with Gasteiger partial charge in [-0.25, -0.2) is 4.90 Å². The number of benzene rings is 3. The smallest absolute Gasteiger partial charge is 0.282 e. The van der Waals surface area contributed by atoms with Gasteiger partial charge in [0.25, 0.3) is 17.5 Å². The second-order valence-corrected chi connectivity index (χ2v) is 7.03. The molecule has 0 unspecified atom stereocenters. The third-order valence-electron chi connectivity index (χ3n) is 5.14. The number of nitro groups is 1. The third-order valence-corrected chi connectivity index (χ3v) is 5.14. The number of anilines is 2. The standard InChI is InChI=1S/C24H19N3O6/c1-32-18-13-9-16(10-14-18)25-22-21(15-7-11-17(12-8-15)27(30)31)23(28)26(24(22)29)19-5-3-4-6-20(19)33-2/h3-14,25H,1-2H3. The first-order chi connectivity index (χ1) is 15.9. The molecular formula is C24H19N3O6. The van der Waals surface area contributed by atoms with Crippen LogP contribution in [0, 0.1) is 10.1 Å². The summed E-state index contributed by atoms with van der Waals surface area (Å²) >= 11 is 0. The number of para-hydroxylation sites is 2. The summed E-state index contributed by atoms with van der Waals surface area (Å²) < 4.78 is 10.5. The average molecular weight is 445 g/mol. The maximum Gasteiger partial charge on any atom is 0.282 e. The fraction of sp³-hybridized carbons (Fsp3) is 0.0833. The maximum absolute atomic E-state index is 13.5. The number of carbonyl (C=O) groups is 2. The van der Waals surface area contributed by atoms with Crippen LogP contribution in [0.25, 0.3) is 5.57 Å². The van der Waals surface area contributed by atoms with E-state index in [0.29, 0.717) is 28.4 Å². The molecular weight excluding hydrogens is 426 g/mol. The first kappa shape index (κ1) is 21.6. The van der Waals surface area contributed by atoms with E-state index in [9.17, 15) is 19.7 Å². The zero-order valence-electron chi connectivity index (χ0n) is 17.8. The van der Waals surface area contributed by atoms with Crippen LogP contribution >= 0.6 is 0 Å². The predicted octanol–water partition coefficient (Wildman–Crippen LogP) is 4.01. The number of rotatable bonds is 7. The SMILES string of the molecule is COc1ccc(NC2=C(c3ccc([N+](=O)[O-])cc3)C(=O)N(c3ccccc3OC)C2=O)cc1. The topological polar surface area (TPSA) is 111 Å². The minimum absolute atomic E-state index is 0.0462. The van der Waals surface area contributed by atoms with Gasteiger partial charge >= 0.3 is 0 Å². The van der Waals surface area contributed by atoms with Crippen LogP contribution in [0.2, 0.25) is 0 Å². The molecule has 1 heterocycles. The van der Waals surface area contributed by atoms with E-state index in [2.05, 4.69) is 5.32 Å². The van der Waals surface area contributed by atoms with Gasteiger partial charge in [-0.1, -0.05) is 12.1 Å². The number of hydrogen-bond donors (Lipinski definition) is 1. The predicted molar refractivity (Wildman–Crippen MR) is 122 cm³/mol. The van der Waals surface area contributed by atoms with Crippen LogP contribution in [-0.4, -0.2) is 31.0 Å². The molecule has 9 heteroatoms. The highest BCUT2D eigenvalue weighted by Gasteiger charge is 2.41. The molecule has 9 nitrogen and oxygen atoms in total. The molecule has 0 radical (unpaired) electrons. The number of nitrogens with one attached hydrogen (secondary N) is 1. The van der Waals surface area contributed by atoms with Gasteiger partial charge in [-0.3, -0.25) is 19.7 Å². The zero-order chi connectivity index (χ0) is 23.5.